The number of fused-ring (bicyclic) bond motifs is 1. The van der Waals surface area contributed by atoms with E-state index in [4.69, 9.17) is 4.42 Å². The number of rotatable bonds is 2. The van der Waals surface area contributed by atoms with Gasteiger partial charge in [0.05, 0.1) is 11.7 Å². The minimum absolute atomic E-state index is 0.291. The van der Waals surface area contributed by atoms with Crippen LogP contribution in [-0.4, -0.2) is 21.3 Å². The van der Waals surface area contributed by atoms with E-state index < -0.39 is 0 Å². The predicted octanol–water partition coefficient (Wildman–Crippen LogP) is 3.29. The monoisotopic (exact) mass is 282 g/mol. The first-order chi connectivity index (χ1) is 10.3. The molecule has 21 heavy (non-hydrogen) atoms. The van der Waals surface area contributed by atoms with Crippen LogP contribution in [-0.2, 0) is 7.05 Å². The maximum absolute atomic E-state index is 5.96. The Balaban J connectivity index is 1.75. The Morgan fingerprint density at radius 3 is 2.90 bits per heavy atom. The van der Waals surface area contributed by atoms with Crippen LogP contribution < -0.4 is 4.90 Å². The van der Waals surface area contributed by atoms with Gasteiger partial charge in [0.2, 0.25) is 0 Å². The molecule has 1 atom stereocenters. The average Bonchev–Trinajstić information content (AvgIpc) is 3.13. The molecule has 3 heterocycles. The summed E-state index contributed by atoms with van der Waals surface area (Å²) in [6.45, 7) is 0.975. The summed E-state index contributed by atoms with van der Waals surface area (Å²) in [5, 5.41) is 4.30. The third-order valence-electron chi connectivity index (χ3n) is 4.23. The number of anilines is 1. The van der Waals surface area contributed by atoms with Crippen molar-refractivity contribution in [2.24, 2.45) is 7.05 Å². The molecular formula is C16H18N4O. The molecular weight excluding hydrogens is 264 g/mol. The van der Waals surface area contributed by atoms with Crippen molar-refractivity contribution < 1.29 is 4.42 Å². The summed E-state index contributed by atoms with van der Waals surface area (Å²) in [7, 11) is 1.99. The highest BCUT2D eigenvalue weighted by molar-refractivity contribution is 5.74. The van der Waals surface area contributed by atoms with E-state index in [2.05, 4.69) is 21.0 Å². The Kier molecular flexibility index (Phi) is 2.91. The second kappa shape index (κ2) is 4.91. The van der Waals surface area contributed by atoms with Crippen molar-refractivity contribution in [1.82, 2.24) is 14.8 Å². The lowest BCUT2D eigenvalue weighted by atomic mass is 10.00. The summed E-state index contributed by atoms with van der Waals surface area (Å²) in [5.74, 6) is 0. The maximum Gasteiger partial charge on any atom is 0.298 e. The SMILES string of the molecule is Cn1nccc1[C@H]1CCCCN1c1nc2ccccc2o1. The van der Waals surface area contributed by atoms with Gasteiger partial charge in [-0.15, -0.1) is 0 Å². The Morgan fingerprint density at radius 2 is 2.10 bits per heavy atom. The molecule has 5 heteroatoms. The van der Waals surface area contributed by atoms with Crippen molar-refractivity contribution in [3.05, 3.63) is 42.2 Å². The fourth-order valence-electron chi connectivity index (χ4n) is 3.16. The van der Waals surface area contributed by atoms with Crippen molar-refractivity contribution in [3.63, 3.8) is 0 Å². The first kappa shape index (κ1) is 12.4. The molecule has 108 valence electrons. The molecule has 0 N–H and O–H groups in total. The first-order valence-corrected chi connectivity index (χ1v) is 7.43. The number of benzene rings is 1. The lowest BCUT2D eigenvalue weighted by Crippen LogP contribution is -2.34. The molecule has 1 aliphatic heterocycles. The summed E-state index contributed by atoms with van der Waals surface area (Å²) in [4.78, 5) is 6.93. The number of para-hydroxylation sites is 2. The third-order valence-corrected chi connectivity index (χ3v) is 4.23. The van der Waals surface area contributed by atoms with E-state index in [0.29, 0.717) is 6.04 Å². The molecule has 1 aromatic carbocycles. The van der Waals surface area contributed by atoms with Crippen LogP contribution in [0.3, 0.4) is 0 Å². The molecule has 1 saturated heterocycles. The van der Waals surface area contributed by atoms with Gasteiger partial charge in [-0.25, -0.2) is 0 Å². The topological polar surface area (TPSA) is 47.1 Å². The van der Waals surface area contributed by atoms with Gasteiger partial charge < -0.3 is 9.32 Å². The fourth-order valence-corrected chi connectivity index (χ4v) is 3.16. The third kappa shape index (κ3) is 2.09. The highest BCUT2D eigenvalue weighted by atomic mass is 16.4. The molecule has 0 saturated carbocycles. The van der Waals surface area contributed by atoms with Gasteiger partial charge in [-0.2, -0.15) is 10.1 Å². The van der Waals surface area contributed by atoms with Gasteiger partial charge in [-0.3, -0.25) is 4.68 Å². The average molecular weight is 282 g/mol. The number of aryl methyl sites for hydroxylation is 1. The van der Waals surface area contributed by atoms with E-state index >= 15 is 0 Å². The molecule has 1 fully saturated rings. The lowest BCUT2D eigenvalue weighted by molar-refractivity contribution is 0.417. The molecule has 0 spiro atoms. The van der Waals surface area contributed by atoms with Crippen LogP contribution in [0.4, 0.5) is 6.01 Å². The number of hydrogen-bond donors (Lipinski definition) is 0. The highest BCUT2D eigenvalue weighted by Crippen LogP contribution is 2.35. The van der Waals surface area contributed by atoms with Crippen LogP contribution >= 0.6 is 0 Å². The zero-order valence-corrected chi connectivity index (χ0v) is 12.1. The second-order valence-electron chi connectivity index (χ2n) is 5.55. The Labute approximate surface area is 123 Å². The molecule has 5 nitrogen and oxygen atoms in total. The highest BCUT2D eigenvalue weighted by Gasteiger charge is 2.29. The van der Waals surface area contributed by atoms with Gasteiger partial charge in [0.25, 0.3) is 6.01 Å². The van der Waals surface area contributed by atoms with Crippen LogP contribution in [0.15, 0.2) is 40.9 Å². The van der Waals surface area contributed by atoms with Gasteiger partial charge in [-0.1, -0.05) is 12.1 Å². The molecule has 0 bridgehead atoms. The van der Waals surface area contributed by atoms with E-state index in [9.17, 15) is 0 Å². The van der Waals surface area contributed by atoms with Gasteiger partial charge in [-0.05, 0) is 37.5 Å². The van der Waals surface area contributed by atoms with E-state index in [1.807, 2.05) is 42.2 Å². The summed E-state index contributed by atoms with van der Waals surface area (Å²) in [6.07, 6.45) is 5.37. The molecule has 4 rings (SSSR count). The molecule has 0 aliphatic carbocycles. The van der Waals surface area contributed by atoms with Crippen molar-refractivity contribution >= 4 is 17.1 Å². The number of nitrogens with zero attached hydrogens (tertiary/aromatic N) is 4. The van der Waals surface area contributed by atoms with Crippen LogP contribution in [0.5, 0.6) is 0 Å². The summed E-state index contributed by atoms with van der Waals surface area (Å²) < 4.78 is 7.91. The molecule has 0 unspecified atom stereocenters. The molecule has 1 aliphatic rings. The van der Waals surface area contributed by atoms with Gasteiger partial charge >= 0.3 is 0 Å². The summed E-state index contributed by atoms with van der Waals surface area (Å²) in [6, 6.07) is 11.0. The molecule has 0 amide bonds. The number of piperidine rings is 1. The minimum atomic E-state index is 0.291. The van der Waals surface area contributed by atoms with Crippen molar-refractivity contribution in [2.75, 3.05) is 11.4 Å². The second-order valence-corrected chi connectivity index (χ2v) is 5.55. The van der Waals surface area contributed by atoms with Crippen LogP contribution in [0.1, 0.15) is 31.0 Å². The summed E-state index contributed by atoms with van der Waals surface area (Å²) >= 11 is 0. The molecule has 0 radical (unpaired) electrons. The van der Waals surface area contributed by atoms with Crippen molar-refractivity contribution in [2.45, 2.75) is 25.3 Å². The Morgan fingerprint density at radius 1 is 1.19 bits per heavy atom. The lowest BCUT2D eigenvalue weighted by Gasteiger charge is -2.34. The molecule has 2 aromatic heterocycles. The smallest absolute Gasteiger partial charge is 0.298 e. The standard InChI is InChI=1S/C16H18N4O/c1-19-13(9-10-17-19)14-7-4-5-11-20(14)16-18-12-6-2-3-8-15(12)21-16/h2-3,6,8-10,14H,4-5,7,11H2,1H3/t14-/m1/s1. The van der Waals surface area contributed by atoms with Crippen LogP contribution in [0.2, 0.25) is 0 Å². The van der Waals surface area contributed by atoms with Crippen LogP contribution in [0.25, 0.3) is 11.1 Å². The zero-order valence-electron chi connectivity index (χ0n) is 12.1. The predicted molar refractivity (Wildman–Crippen MR) is 81.2 cm³/mol. The quantitative estimate of drug-likeness (QED) is 0.723. The number of aromatic nitrogens is 3. The van der Waals surface area contributed by atoms with E-state index in [-0.39, 0.29) is 0 Å². The van der Waals surface area contributed by atoms with Gasteiger partial charge in [0.15, 0.2) is 5.58 Å². The molecule has 3 aromatic rings. The van der Waals surface area contributed by atoms with Gasteiger partial charge in [0.1, 0.15) is 5.52 Å². The normalized spacial score (nSPS) is 19.3. The maximum atomic E-state index is 5.96. The number of hydrogen-bond acceptors (Lipinski definition) is 4. The summed E-state index contributed by atoms with van der Waals surface area (Å²) in [5.41, 5.74) is 2.99. The van der Waals surface area contributed by atoms with E-state index in [1.165, 1.54) is 18.5 Å². The van der Waals surface area contributed by atoms with E-state index in [1.54, 1.807) is 0 Å². The van der Waals surface area contributed by atoms with E-state index in [0.717, 1.165) is 30.1 Å². The minimum Gasteiger partial charge on any atom is -0.423 e. The Bertz CT molecular complexity index is 727. The zero-order chi connectivity index (χ0) is 14.2. The largest absolute Gasteiger partial charge is 0.423 e. The fraction of sp³-hybridized carbons (Fsp3) is 0.375. The van der Waals surface area contributed by atoms with Crippen LogP contribution in [0, 0.1) is 0 Å². The Hall–Kier alpha value is -2.30. The van der Waals surface area contributed by atoms with Crippen molar-refractivity contribution in [3.8, 4) is 0 Å². The number of oxazole rings is 1. The van der Waals surface area contributed by atoms with Crippen molar-refractivity contribution in [1.29, 1.82) is 0 Å². The first-order valence-electron chi connectivity index (χ1n) is 7.43. The van der Waals surface area contributed by atoms with Gasteiger partial charge in [0, 0.05) is 19.8 Å².